The van der Waals surface area contributed by atoms with Crippen LogP contribution in [0, 0.1) is 0 Å². The lowest BCUT2D eigenvalue weighted by Gasteiger charge is -1.99. The maximum Gasteiger partial charge on any atom is 0.226 e. The minimum absolute atomic E-state index is 0.240. The molecule has 1 saturated carbocycles. The van der Waals surface area contributed by atoms with Gasteiger partial charge in [0.05, 0.1) is 0 Å². The molecule has 0 radical (unpaired) electrons. The fraction of sp³-hybridized carbons (Fsp3) is 0.818. The Morgan fingerprint density at radius 3 is 2.80 bits per heavy atom. The first-order chi connectivity index (χ1) is 7.40. The van der Waals surface area contributed by atoms with E-state index >= 15 is 0 Å². The zero-order chi connectivity index (χ0) is 10.5. The standard InChI is InChI=1S/C11H18N2O2/c14-8-4-3-7-10-12-11(13-15-10)9-5-1-2-6-9/h9,14H,1-8H2. The van der Waals surface area contributed by atoms with Gasteiger partial charge in [0, 0.05) is 18.9 Å². The van der Waals surface area contributed by atoms with E-state index in [4.69, 9.17) is 9.63 Å². The molecule has 84 valence electrons. The first kappa shape index (κ1) is 10.6. The molecule has 4 heteroatoms. The maximum absolute atomic E-state index is 8.66. The Morgan fingerprint density at radius 1 is 1.27 bits per heavy atom. The topological polar surface area (TPSA) is 59.2 Å². The number of aliphatic hydroxyl groups excluding tert-OH is 1. The Morgan fingerprint density at radius 2 is 2.07 bits per heavy atom. The molecule has 1 heterocycles. The van der Waals surface area contributed by atoms with Gasteiger partial charge in [-0.3, -0.25) is 0 Å². The van der Waals surface area contributed by atoms with Crippen molar-refractivity contribution in [1.29, 1.82) is 0 Å². The van der Waals surface area contributed by atoms with Gasteiger partial charge in [-0.1, -0.05) is 18.0 Å². The maximum atomic E-state index is 8.66. The summed E-state index contributed by atoms with van der Waals surface area (Å²) in [6.45, 7) is 0.240. The molecule has 0 spiro atoms. The molecule has 2 rings (SSSR count). The fourth-order valence-corrected chi connectivity index (χ4v) is 2.11. The van der Waals surface area contributed by atoms with Crippen LogP contribution in [0.3, 0.4) is 0 Å². The highest BCUT2D eigenvalue weighted by molar-refractivity contribution is 4.97. The van der Waals surface area contributed by atoms with Crippen LogP contribution in [0.2, 0.25) is 0 Å². The summed E-state index contributed by atoms with van der Waals surface area (Å²) in [4.78, 5) is 4.40. The molecule has 1 fully saturated rings. The number of aromatic nitrogens is 2. The average molecular weight is 210 g/mol. The lowest BCUT2D eigenvalue weighted by Crippen LogP contribution is -1.95. The molecule has 0 saturated heterocycles. The second-order valence-corrected chi connectivity index (χ2v) is 4.21. The number of nitrogens with zero attached hydrogens (tertiary/aromatic N) is 2. The van der Waals surface area contributed by atoms with E-state index in [-0.39, 0.29) is 6.61 Å². The normalized spacial score (nSPS) is 17.4. The van der Waals surface area contributed by atoms with Gasteiger partial charge in [0.1, 0.15) is 0 Å². The fourth-order valence-electron chi connectivity index (χ4n) is 2.11. The molecule has 4 nitrogen and oxygen atoms in total. The smallest absolute Gasteiger partial charge is 0.226 e. The molecule has 1 aromatic rings. The molecule has 1 aliphatic carbocycles. The number of unbranched alkanes of at least 4 members (excludes halogenated alkanes) is 1. The molecular formula is C11H18N2O2. The van der Waals surface area contributed by atoms with Gasteiger partial charge in [-0.25, -0.2) is 0 Å². The summed E-state index contributed by atoms with van der Waals surface area (Å²) >= 11 is 0. The summed E-state index contributed by atoms with van der Waals surface area (Å²) < 4.78 is 5.18. The number of hydrogen-bond donors (Lipinski definition) is 1. The second-order valence-electron chi connectivity index (χ2n) is 4.21. The van der Waals surface area contributed by atoms with Crippen molar-refractivity contribution in [2.75, 3.05) is 6.61 Å². The summed E-state index contributed by atoms with van der Waals surface area (Å²) in [5.41, 5.74) is 0. The van der Waals surface area contributed by atoms with Crippen LogP contribution in [0.15, 0.2) is 4.52 Å². The lowest BCUT2D eigenvalue weighted by atomic mass is 10.1. The van der Waals surface area contributed by atoms with Crippen molar-refractivity contribution in [1.82, 2.24) is 10.1 Å². The van der Waals surface area contributed by atoms with E-state index in [1.807, 2.05) is 0 Å². The quantitative estimate of drug-likeness (QED) is 0.755. The Kier molecular flexibility index (Phi) is 3.72. The summed E-state index contributed by atoms with van der Waals surface area (Å²) in [7, 11) is 0. The zero-order valence-corrected chi connectivity index (χ0v) is 8.98. The lowest BCUT2D eigenvalue weighted by molar-refractivity contribution is 0.280. The molecule has 0 unspecified atom stereocenters. The summed E-state index contributed by atoms with van der Waals surface area (Å²) in [5.74, 6) is 2.15. The second kappa shape index (κ2) is 5.26. The Hall–Kier alpha value is -0.900. The summed E-state index contributed by atoms with van der Waals surface area (Å²) in [6, 6.07) is 0. The van der Waals surface area contributed by atoms with Crippen LogP contribution in [-0.4, -0.2) is 21.9 Å². The van der Waals surface area contributed by atoms with E-state index < -0.39 is 0 Å². The van der Waals surface area contributed by atoms with Crippen LogP contribution in [-0.2, 0) is 6.42 Å². The third-order valence-corrected chi connectivity index (χ3v) is 3.00. The Balaban J connectivity index is 1.86. The highest BCUT2D eigenvalue weighted by Gasteiger charge is 2.21. The van der Waals surface area contributed by atoms with Crippen LogP contribution < -0.4 is 0 Å². The van der Waals surface area contributed by atoms with E-state index in [2.05, 4.69) is 10.1 Å². The molecule has 1 aliphatic rings. The van der Waals surface area contributed by atoms with Crippen molar-refractivity contribution in [3.8, 4) is 0 Å². The number of aliphatic hydroxyl groups is 1. The van der Waals surface area contributed by atoms with Crippen molar-refractivity contribution in [3.05, 3.63) is 11.7 Å². The predicted octanol–water partition coefficient (Wildman–Crippen LogP) is 2.04. The molecular weight excluding hydrogens is 192 g/mol. The minimum Gasteiger partial charge on any atom is -0.396 e. The van der Waals surface area contributed by atoms with E-state index in [1.165, 1.54) is 25.7 Å². The van der Waals surface area contributed by atoms with Gasteiger partial charge in [0.2, 0.25) is 5.89 Å². The van der Waals surface area contributed by atoms with Crippen molar-refractivity contribution in [2.45, 2.75) is 50.9 Å². The highest BCUT2D eigenvalue weighted by atomic mass is 16.5. The van der Waals surface area contributed by atoms with Crippen LogP contribution >= 0.6 is 0 Å². The molecule has 1 N–H and O–H groups in total. The van der Waals surface area contributed by atoms with Crippen molar-refractivity contribution < 1.29 is 9.63 Å². The highest BCUT2D eigenvalue weighted by Crippen LogP contribution is 2.32. The molecule has 1 aromatic heterocycles. The van der Waals surface area contributed by atoms with Gasteiger partial charge in [-0.2, -0.15) is 4.98 Å². The molecule has 0 amide bonds. The first-order valence-electron chi connectivity index (χ1n) is 5.83. The van der Waals surface area contributed by atoms with Crippen molar-refractivity contribution >= 4 is 0 Å². The van der Waals surface area contributed by atoms with Gasteiger partial charge in [0.25, 0.3) is 0 Å². The van der Waals surface area contributed by atoms with Crippen molar-refractivity contribution in [2.24, 2.45) is 0 Å². The van der Waals surface area contributed by atoms with Gasteiger partial charge in [0.15, 0.2) is 5.82 Å². The van der Waals surface area contributed by atoms with E-state index in [9.17, 15) is 0 Å². The zero-order valence-electron chi connectivity index (χ0n) is 8.98. The Bertz CT molecular complexity index is 293. The Labute approximate surface area is 89.7 Å². The van der Waals surface area contributed by atoms with Crippen LogP contribution in [0.25, 0.3) is 0 Å². The SMILES string of the molecule is OCCCCc1nc(C2CCCC2)no1. The molecule has 0 atom stereocenters. The number of aryl methyl sites for hydroxylation is 1. The van der Waals surface area contributed by atoms with Gasteiger partial charge in [-0.15, -0.1) is 0 Å². The molecule has 15 heavy (non-hydrogen) atoms. The average Bonchev–Trinajstić information content (AvgIpc) is 2.87. The molecule has 0 bridgehead atoms. The van der Waals surface area contributed by atoms with E-state index in [1.54, 1.807) is 0 Å². The van der Waals surface area contributed by atoms with E-state index in [0.717, 1.165) is 31.0 Å². The largest absolute Gasteiger partial charge is 0.396 e. The van der Waals surface area contributed by atoms with Crippen molar-refractivity contribution in [3.63, 3.8) is 0 Å². The minimum atomic E-state index is 0.240. The van der Waals surface area contributed by atoms with Gasteiger partial charge < -0.3 is 9.63 Å². The third kappa shape index (κ3) is 2.78. The predicted molar refractivity (Wildman–Crippen MR) is 55.5 cm³/mol. The van der Waals surface area contributed by atoms with Crippen LogP contribution in [0.1, 0.15) is 56.2 Å². The summed E-state index contributed by atoms with van der Waals surface area (Å²) in [5, 5.41) is 12.7. The van der Waals surface area contributed by atoms with Gasteiger partial charge >= 0.3 is 0 Å². The molecule has 0 aromatic carbocycles. The van der Waals surface area contributed by atoms with E-state index in [0.29, 0.717) is 5.92 Å². The summed E-state index contributed by atoms with van der Waals surface area (Å²) in [6.07, 6.45) is 7.51. The number of rotatable bonds is 5. The monoisotopic (exact) mass is 210 g/mol. The van der Waals surface area contributed by atoms with Crippen LogP contribution in [0.4, 0.5) is 0 Å². The van der Waals surface area contributed by atoms with Crippen LogP contribution in [0.5, 0.6) is 0 Å². The number of hydrogen-bond acceptors (Lipinski definition) is 4. The third-order valence-electron chi connectivity index (χ3n) is 3.00. The van der Waals surface area contributed by atoms with Gasteiger partial charge in [-0.05, 0) is 25.7 Å². The first-order valence-corrected chi connectivity index (χ1v) is 5.83. The molecule has 0 aliphatic heterocycles.